The van der Waals surface area contributed by atoms with Crippen molar-refractivity contribution in [2.75, 3.05) is 13.2 Å². The average molecular weight is 324 g/mol. The van der Waals surface area contributed by atoms with Gasteiger partial charge in [-0.3, -0.25) is 4.57 Å². The molecule has 0 amide bonds. The van der Waals surface area contributed by atoms with E-state index in [1.807, 2.05) is 0 Å². The standard InChI is InChI=1S/C14H23FO3PSi.Li/c1-6-17-19(16,18-7-2)14(20(3,4)5)12-8-10-13(15)11-9-12;/h8-11H,6-7H2,1-5H3;/q-1;+1. The van der Waals surface area contributed by atoms with Crippen molar-refractivity contribution in [2.45, 2.75) is 33.5 Å². The molecule has 0 heterocycles. The zero-order valence-electron chi connectivity index (χ0n) is 13.8. The Bertz CT molecular complexity index is 466. The van der Waals surface area contributed by atoms with Gasteiger partial charge in [-0.15, -0.1) is 0 Å². The molecule has 7 heteroatoms. The van der Waals surface area contributed by atoms with Gasteiger partial charge in [-0.25, -0.2) is 4.39 Å². The Hall–Kier alpha value is -0.0157. The summed E-state index contributed by atoms with van der Waals surface area (Å²) in [6.45, 7) is 10.4. The molecule has 0 saturated carbocycles. The SMILES string of the molecule is CCOP(=O)(OCC)[C-](c1ccc(F)cc1)[Si](C)(C)C.[Li+]. The molecule has 114 valence electrons. The molecule has 3 nitrogen and oxygen atoms in total. The maximum atomic E-state index is 13.1. The monoisotopic (exact) mass is 324 g/mol. The molecule has 0 aliphatic carbocycles. The van der Waals surface area contributed by atoms with Crippen LogP contribution in [0.2, 0.25) is 19.6 Å². The van der Waals surface area contributed by atoms with Gasteiger partial charge >= 0.3 is 26.5 Å². The van der Waals surface area contributed by atoms with Crippen LogP contribution in [0.3, 0.4) is 0 Å². The van der Waals surface area contributed by atoms with E-state index in [1.165, 1.54) is 12.1 Å². The van der Waals surface area contributed by atoms with E-state index in [2.05, 4.69) is 19.6 Å². The first kappa shape index (κ1) is 21.0. The molecule has 0 aliphatic heterocycles. The first-order valence-electron chi connectivity index (χ1n) is 6.77. The van der Waals surface area contributed by atoms with Crippen molar-refractivity contribution in [2.24, 2.45) is 0 Å². The minimum absolute atomic E-state index is 0. The topological polar surface area (TPSA) is 35.5 Å². The van der Waals surface area contributed by atoms with Crippen molar-refractivity contribution < 1.29 is 36.9 Å². The number of halogens is 1. The van der Waals surface area contributed by atoms with Crippen LogP contribution in [0, 0.1) is 11.1 Å². The fraction of sp³-hybridized carbons (Fsp3) is 0.500. The Morgan fingerprint density at radius 2 is 1.52 bits per heavy atom. The molecule has 0 fully saturated rings. The predicted octanol–water partition coefficient (Wildman–Crippen LogP) is 1.85. The summed E-state index contributed by atoms with van der Waals surface area (Å²) in [6.07, 6.45) is 0. The smallest absolute Gasteiger partial charge is 0.314 e. The maximum Gasteiger partial charge on any atom is 1.00 e. The summed E-state index contributed by atoms with van der Waals surface area (Å²) < 4.78 is 37.2. The van der Waals surface area contributed by atoms with Crippen molar-refractivity contribution in [3.63, 3.8) is 0 Å². The second-order valence-corrected chi connectivity index (χ2v) is 12.8. The van der Waals surface area contributed by atoms with Crippen molar-refractivity contribution in [3.05, 3.63) is 40.9 Å². The van der Waals surface area contributed by atoms with E-state index in [9.17, 15) is 8.96 Å². The van der Waals surface area contributed by atoms with Crippen LogP contribution in [0.25, 0.3) is 0 Å². The second kappa shape index (κ2) is 8.57. The third-order valence-corrected chi connectivity index (χ3v) is 9.25. The van der Waals surface area contributed by atoms with Gasteiger partial charge in [-0.05, 0) is 13.8 Å². The Labute approximate surface area is 140 Å². The molecule has 0 N–H and O–H groups in total. The van der Waals surface area contributed by atoms with Crippen LogP contribution in [0.4, 0.5) is 4.39 Å². The van der Waals surface area contributed by atoms with Crippen molar-refractivity contribution in [3.8, 4) is 0 Å². The van der Waals surface area contributed by atoms with E-state index in [4.69, 9.17) is 9.05 Å². The third kappa shape index (κ3) is 5.60. The Morgan fingerprint density at radius 1 is 1.10 bits per heavy atom. The summed E-state index contributed by atoms with van der Waals surface area (Å²) in [7, 11) is -5.31. The summed E-state index contributed by atoms with van der Waals surface area (Å²) in [4.78, 5) is 0. The summed E-state index contributed by atoms with van der Waals surface area (Å²) >= 11 is 0. The molecular weight excluding hydrogens is 301 g/mol. The first-order valence-corrected chi connectivity index (χ1v) is 11.8. The van der Waals surface area contributed by atoms with E-state index in [0.717, 1.165) is 5.56 Å². The molecule has 0 radical (unpaired) electrons. The number of hydrogen-bond donors (Lipinski definition) is 0. The average Bonchev–Trinajstić information content (AvgIpc) is 2.30. The van der Waals surface area contributed by atoms with Gasteiger partial charge < -0.3 is 9.05 Å². The van der Waals surface area contributed by atoms with Gasteiger partial charge in [-0.2, -0.15) is 17.7 Å². The molecule has 0 unspecified atom stereocenters. The van der Waals surface area contributed by atoms with E-state index < -0.39 is 15.7 Å². The molecule has 1 aromatic rings. The Balaban J connectivity index is 0.00000400. The van der Waals surface area contributed by atoms with Gasteiger partial charge in [0.2, 0.25) is 0 Å². The third-order valence-electron chi connectivity index (χ3n) is 2.70. The van der Waals surface area contributed by atoms with Crippen LogP contribution in [0.5, 0.6) is 0 Å². The fourth-order valence-electron chi connectivity index (χ4n) is 2.12. The zero-order valence-corrected chi connectivity index (χ0v) is 15.7. The normalized spacial score (nSPS) is 11.9. The van der Waals surface area contributed by atoms with Gasteiger partial charge in [0.05, 0.1) is 19.0 Å². The molecule has 21 heavy (non-hydrogen) atoms. The van der Waals surface area contributed by atoms with Gasteiger partial charge in [0, 0.05) is 8.07 Å². The van der Waals surface area contributed by atoms with Crippen LogP contribution < -0.4 is 18.9 Å². The van der Waals surface area contributed by atoms with Crippen LogP contribution in [-0.2, 0) is 13.6 Å². The van der Waals surface area contributed by atoms with Crippen molar-refractivity contribution in [1.82, 2.24) is 0 Å². The quantitative estimate of drug-likeness (QED) is 0.436. The van der Waals surface area contributed by atoms with Crippen molar-refractivity contribution >= 4 is 15.7 Å². The molecule has 0 bridgehead atoms. The molecule has 0 spiro atoms. The molecule has 1 aromatic carbocycles. The van der Waals surface area contributed by atoms with E-state index in [0.29, 0.717) is 18.5 Å². The van der Waals surface area contributed by atoms with E-state index in [-0.39, 0.29) is 24.7 Å². The van der Waals surface area contributed by atoms with Crippen LogP contribution in [-0.4, -0.2) is 21.3 Å². The predicted molar refractivity (Wildman–Crippen MR) is 82.9 cm³/mol. The Morgan fingerprint density at radius 3 is 1.86 bits per heavy atom. The molecular formula is C14H23FLiO3PSi. The number of benzene rings is 1. The summed E-state index contributed by atoms with van der Waals surface area (Å²) in [5.41, 5.74) is 0.746. The summed E-state index contributed by atoms with van der Waals surface area (Å²) in [5.74, 6) is -0.314. The molecule has 0 aromatic heterocycles. The first-order chi connectivity index (χ1) is 9.24. The van der Waals surface area contributed by atoms with Gasteiger partial charge in [0.1, 0.15) is 0 Å². The van der Waals surface area contributed by atoms with Gasteiger partial charge in [0.25, 0.3) is 0 Å². The Kier molecular flexibility index (Phi) is 8.57. The van der Waals surface area contributed by atoms with E-state index in [1.54, 1.807) is 26.0 Å². The molecule has 0 aliphatic rings. The molecule has 1 rings (SSSR count). The van der Waals surface area contributed by atoms with Crippen LogP contribution in [0.1, 0.15) is 19.4 Å². The summed E-state index contributed by atoms with van der Waals surface area (Å²) in [6, 6.07) is 6.04. The zero-order chi connectivity index (χ0) is 15.4. The second-order valence-electron chi connectivity index (χ2n) is 5.44. The largest absolute Gasteiger partial charge is 1.00 e. The van der Waals surface area contributed by atoms with Crippen LogP contribution in [0.15, 0.2) is 24.3 Å². The van der Waals surface area contributed by atoms with Gasteiger partial charge in [0.15, 0.2) is 0 Å². The summed E-state index contributed by atoms with van der Waals surface area (Å²) in [5, 5.41) is 0.716. The minimum atomic E-state index is -3.33. The number of rotatable bonds is 7. The molecule has 0 atom stereocenters. The van der Waals surface area contributed by atoms with E-state index >= 15 is 0 Å². The fourth-order valence-corrected chi connectivity index (χ4v) is 8.30. The van der Waals surface area contributed by atoms with Crippen LogP contribution >= 0.6 is 7.60 Å². The van der Waals surface area contributed by atoms with Gasteiger partial charge in [-0.1, -0.05) is 37.1 Å². The number of hydrogen-bond acceptors (Lipinski definition) is 3. The molecule has 0 saturated heterocycles. The van der Waals surface area contributed by atoms with Crippen molar-refractivity contribution in [1.29, 1.82) is 0 Å². The minimum Gasteiger partial charge on any atom is -0.314 e. The maximum absolute atomic E-state index is 13.1.